The van der Waals surface area contributed by atoms with Crippen LogP contribution in [0.4, 0.5) is 4.39 Å². The number of amides is 1. The van der Waals surface area contributed by atoms with Gasteiger partial charge in [0, 0.05) is 17.1 Å². The molecular formula is C16H12FN3O. The normalized spacial score (nSPS) is 10.5. The molecule has 21 heavy (non-hydrogen) atoms. The van der Waals surface area contributed by atoms with Gasteiger partial charge in [0.05, 0.1) is 12.2 Å². The number of nitrogens with zero attached hydrogens (tertiary/aromatic N) is 2. The lowest BCUT2D eigenvalue weighted by Crippen LogP contribution is -2.23. The summed E-state index contributed by atoms with van der Waals surface area (Å²) in [6.45, 7) is 0.276. The van der Waals surface area contributed by atoms with E-state index in [4.69, 9.17) is 0 Å². The summed E-state index contributed by atoms with van der Waals surface area (Å²) in [4.78, 5) is 12.3. The first kappa shape index (κ1) is 13.2. The molecule has 0 spiro atoms. The Morgan fingerprint density at radius 3 is 2.62 bits per heavy atom. The molecule has 4 nitrogen and oxygen atoms in total. The lowest BCUT2D eigenvalue weighted by Gasteiger charge is -2.08. The summed E-state index contributed by atoms with van der Waals surface area (Å²) in [5.74, 6) is -0.604. The van der Waals surface area contributed by atoms with Crippen LogP contribution in [0.5, 0.6) is 0 Å². The molecule has 0 saturated heterocycles. The van der Waals surface area contributed by atoms with Crippen molar-refractivity contribution in [3.63, 3.8) is 0 Å². The van der Waals surface area contributed by atoms with Crippen LogP contribution in [-0.2, 0) is 6.54 Å². The molecule has 0 bridgehead atoms. The highest BCUT2D eigenvalue weighted by Crippen LogP contribution is 2.21. The van der Waals surface area contributed by atoms with Crippen molar-refractivity contribution in [1.82, 2.24) is 15.5 Å². The average Bonchev–Trinajstić information content (AvgIpc) is 2.54. The van der Waals surface area contributed by atoms with Gasteiger partial charge in [0.1, 0.15) is 5.82 Å². The topological polar surface area (TPSA) is 54.9 Å². The number of fused-ring (bicyclic) bond motifs is 1. The lowest BCUT2D eigenvalue weighted by atomic mass is 10.0. The standard InChI is InChI=1S/C16H12FN3O/c17-15-8-7-14(12-5-1-2-6-13(12)15)16(21)18-10-11-4-3-9-19-20-11/h1-9H,10H2,(H,18,21). The number of hydrogen-bond acceptors (Lipinski definition) is 3. The van der Waals surface area contributed by atoms with Crippen molar-refractivity contribution in [2.24, 2.45) is 0 Å². The first-order valence-corrected chi connectivity index (χ1v) is 6.48. The monoisotopic (exact) mass is 281 g/mol. The Morgan fingerprint density at radius 2 is 1.86 bits per heavy atom. The maximum absolute atomic E-state index is 13.7. The van der Waals surface area contributed by atoms with Gasteiger partial charge in [0.25, 0.3) is 5.91 Å². The molecule has 5 heteroatoms. The van der Waals surface area contributed by atoms with Crippen molar-refractivity contribution in [3.05, 3.63) is 71.8 Å². The van der Waals surface area contributed by atoms with E-state index in [2.05, 4.69) is 15.5 Å². The molecule has 3 aromatic rings. The van der Waals surface area contributed by atoms with Gasteiger partial charge >= 0.3 is 0 Å². The number of rotatable bonds is 3. The second-order valence-electron chi connectivity index (χ2n) is 4.54. The number of benzene rings is 2. The predicted molar refractivity (Wildman–Crippen MR) is 77.1 cm³/mol. The maximum Gasteiger partial charge on any atom is 0.252 e. The van der Waals surface area contributed by atoms with Crippen LogP contribution in [0.1, 0.15) is 16.1 Å². The molecule has 2 aromatic carbocycles. The molecule has 1 amide bonds. The van der Waals surface area contributed by atoms with Crippen molar-refractivity contribution in [1.29, 1.82) is 0 Å². The van der Waals surface area contributed by atoms with E-state index in [1.54, 1.807) is 42.6 Å². The Labute approximate surface area is 120 Å². The molecule has 0 aliphatic carbocycles. The van der Waals surface area contributed by atoms with Crippen molar-refractivity contribution < 1.29 is 9.18 Å². The molecule has 0 atom stereocenters. The average molecular weight is 281 g/mol. The Morgan fingerprint density at radius 1 is 1.05 bits per heavy atom. The minimum absolute atomic E-state index is 0.267. The molecule has 1 N–H and O–H groups in total. The van der Waals surface area contributed by atoms with Gasteiger partial charge in [-0.2, -0.15) is 10.2 Å². The quantitative estimate of drug-likeness (QED) is 0.803. The molecule has 0 radical (unpaired) electrons. The molecular weight excluding hydrogens is 269 g/mol. The van der Waals surface area contributed by atoms with Crippen LogP contribution in [0.3, 0.4) is 0 Å². The lowest BCUT2D eigenvalue weighted by molar-refractivity contribution is 0.0952. The summed E-state index contributed by atoms with van der Waals surface area (Å²) < 4.78 is 13.7. The Kier molecular flexibility index (Phi) is 3.55. The summed E-state index contributed by atoms with van der Waals surface area (Å²) >= 11 is 0. The van der Waals surface area contributed by atoms with Crippen LogP contribution in [0.25, 0.3) is 10.8 Å². The van der Waals surface area contributed by atoms with E-state index < -0.39 is 0 Å². The Hall–Kier alpha value is -2.82. The summed E-state index contributed by atoms with van der Waals surface area (Å²) in [5.41, 5.74) is 1.10. The van der Waals surface area contributed by atoms with Crippen LogP contribution in [0.15, 0.2) is 54.7 Å². The second-order valence-corrected chi connectivity index (χ2v) is 4.54. The van der Waals surface area contributed by atoms with Crippen LogP contribution in [-0.4, -0.2) is 16.1 Å². The first-order valence-electron chi connectivity index (χ1n) is 6.48. The third-order valence-electron chi connectivity index (χ3n) is 3.17. The fourth-order valence-corrected chi connectivity index (χ4v) is 2.15. The largest absolute Gasteiger partial charge is 0.346 e. The highest BCUT2D eigenvalue weighted by atomic mass is 19.1. The van der Waals surface area contributed by atoms with Crippen LogP contribution in [0, 0.1) is 5.82 Å². The Balaban J connectivity index is 1.87. The summed E-state index contributed by atoms with van der Waals surface area (Å²) in [6, 6.07) is 13.2. The SMILES string of the molecule is O=C(NCc1cccnn1)c1ccc(F)c2ccccc12. The van der Waals surface area contributed by atoms with Gasteiger partial charge in [0.2, 0.25) is 0 Å². The number of aromatic nitrogens is 2. The van der Waals surface area contributed by atoms with E-state index in [1.165, 1.54) is 12.1 Å². The van der Waals surface area contributed by atoms with E-state index in [1.807, 2.05) is 0 Å². The van der Waals surface area contributed by atoms with Gasteiger partial charge in [-0.15, -0.1) is 0 Å². The van der Waals surface area contributed by atoms with Crippen LogP contribution >= 0.6 is 0 Å². The van der Waals surface area contributed by atoms with Crippen molar-refractivity contribution in [2.45, 2.75) is 6.54 Å². The number of nitrogens with one attached hydrogen (secondary N) is 1. The predicted octanol–water partition coefficient (Wildman–Crippen LogP) is 2.70. The number of halogens is 1. The van der Waals surface area contributed by atoms with E-state index in [0.717, 1.165) is 0 Å². The summed E-state index contributed by atoms with van der Waals surface area (Å²) in [5, 5.41) is 11.4. The van der Waals surface area contributed by atoms with Crippen molar-refractivity contribution in [2.75, 3.05) is 0 Å². The zero-order chi connectivity index (χ0) is 14.7. The van der Waals surface area contributed by atoms with Crippen molar-refractivity contribution in [3.8, 4) is 0 Å². The van der Waals surface area contributed by atoms with E-state index in [0.29, 0.717) is 22.0 Å². The van der Waals surface area contributed by atoms with Gasteiger partial charge in [-0.25, -0.2) is 4.39 Å². The maximum atomic E-state index is 13.7. The van der Waals surface area contributed by atoms with Gasteiger partial charge in [-0.3, -0.25) is 4.79 Å². The highest BCUT2D eigenvalue weighted by molar-refractivity contribution is 6.07. The molecule has 104 valence electrons. The molecule has 1 heterocycles. The van der Waals surface area contributed by atoms with E-state index in [9.17, 15) is 9.18 Å². The van der Waals surface area contributed by atoms with Gasteiger partial charge in [-0.1, -0.05) is 24.3 Å². The van der Waals surface area contributed by atoms with Gasteiger partial charge in [0.15, 0.2) is 0 Å². The molecule has 0 aliphatic rings. The minimum atomic E-state index is -0.337. The number of carbonyl (C=O) groups is 1. The van der Waals surface area contributed by atoms with E-state index in [-0.39, 0.29) is 18.3 Å². The fourth-order valence-electron chi connectivity index (χ4n) is 2.15. The van der Waals surface area contributed by atoms with Crippen LogP contribution in [0.2, 0.25) is 0 Å². The minimum Gasteiger partial charge on any atom is -0.346 e. The molecule has 0 unspecified atom stereocenters. The number of carbonyl (C=O) groups excluding carboxylic acids is 1. The van der Waals surface area contributed by atoms with Crippen molar-refractivity contribution >= 4 is 16.7 Å². The summed E-state index contributed by atoms with van der Waals surface area (Å²) in [6.07, 6.45) is 1.57. The number of hydrogen-bond donors (Lipinski definition) is 1. The smallest absolute Gasteiger partial charge is 0.252 e. The van der Waals surface area contributed by atoms with E-state index >= 15 is 0 Å². The Bertz CT molecular complexity index is 790. The fraction of sp³-hybridized carbons (Fsp3) is 0.0625. The first-order chi connectivity index (χ1) is 10.3. The molecule has 0 fully saturated rings. The van der Waals surface area contributed by atoms with Crippen LogP contribution < -0.4 is 5.32 Å². The molecule has 0 saturated carbocycles. The van der Waals surface area contributed by atoms with Gasteiger partial charge < -0.3 is 5.32 Å². The summed E-state index contributed by atoms with van der Waals surface area (Å²) in [7, 11) is 0. The third-order valence-corrected chi connectivity index (χ3v) is 3.17. The molecule has 1 aromatic heterocycles. The highest BCUT2D eigenvalue weighted by Gasteiger charge is 2.12. The zero-order valence-electron chi connectivity index (χ0n) is 11.1. The third kappa shape index (κ3) is 2.72. The molecule has 0 aliphatic heterocycles. The molecule has 3 rings (SSSR count). The zero-order valence-corrected chi connectivity index (χ0v) is 11.1. The second kappa shape index (κ2) is 5.66. The van der Waals surface area contributed by atoms with Gasteiger partial charge in [-0.05, 0) is 29.7 Å².